The lowest BCUT2D eigenvalue weighted by molar-refractivity contribution is -0.120. The summed E-state index contributed by atoms with van der Waals surface area (Å²) in [5, 5.41) is 5.39. The van der Waals surface area contributed by atoms with Crippen LogP contribution in [0, 0.1) is 0 Å². The number of benzene rings is 1. The van der Waals surface area contributed by atoms with Gasteiger partial charge in [-0.3, -0.25) is 14.5 Å². The molecule has 1 aliphatic heterocycles. The van der Waals surface area contributed by atoms with Gasteiger partial charge in [0.15, 0.2) is 11.5 Å². The highest BCUT2D eigenvalue weighted by Crippen LogP contribution is 2.27. The summed E-state index contributed by atoms with van der Waals surface area (Å²) in [6.07, 6.45) is 0. The zero-order valence-corrected chi connectivity index (χ0v) is 14.7. The van der Waals surface area contributed by atoms with Gasteiger partial charge in [-0.25, -0.2) is 0 Å². The third-order valence-electron chi connectivity index (χ3n) is 3.91. The minimum absolute atomic E-state index is 0.0731. The molecular weight excluding hydrogens is 326 g/mol. The minimum atomic E-state index is -0.343. The van der Waals surface area contributed by atoms with Gasteiger partial charge in [0.1, 0.15) is 0 Å². The monoisotopic (exact) mass is 351 g/mol. The van der Waals surface area contributed by atoms with Crippen molar-refractivity contribution in [1.29, 1.82) is 0 Å². The van der Waals surface area contributed by atoms with Crippen LogP contribution in [-0.4, -0.2) is 76.9 Å². The zero-order chi connectivity index (χ0) is 18.1. The number of rotatable bonds is 8. The van der Waals surface area contributed by atoms with Gasteiger partial charge < -0.3 is 24.8 Å². The second-order valence-electron chi connectivity index (χ2n) is 5.56. The highest BCUT2D eigenvalue weighted by Gasteiger charge is 2.13. The summed E-state index contributed by atoms with van der Waals surface area (Å²) in [4.78, 5) is 26.2. The molecule has 1 aromatic rings. The molecule has 2 rings (SSSR count). The number of ether oxygens (including phenoxy) is 3. The standard InChI is InChI=1S/C17H25N3O5/c1-23-14-4-3-13(11-15(14)24-2)17(22)19-12-16(21)18-5-6-20-7-9-25-10-8-20/h3-4,11H,5-10,12H2,1-2H3,(H,18,21)(H,19,22). The van der Waals surface area contributed by atoms with Crippen LogP contribution in [0.3, 0.4) is 0 Å². The van der Waals surface area contributed by atoms with Crippen molar-refractivity contribution in [1.82, 2.24) is 15.5 Å². The summed E-state index contributed by atoms with van der Waals surface area (Å²) in [6.45, 7) is 4.47. The lowest BCUT2D eigenvalue weighted by Gasteiger charge is -2.26. The zero-order valence-electron chi connectivity index (χ0n) is 14.7. The highest BCUT2D eigenvalue weighted by molar-refractivity contribution is 5.97. The fraction of sp³-hybridized carbons (Fsp3) is 0.529. The smallest absolute Gasteiger partial charge is 0.251 e. The predicted molar refractivity (Wildman–Crippen MR) is 92.1 cm³/mol. The van der Waals surface area contributed by atoms with Crippen molar-refractivity contribution in [2.24, 2.45) is 0 Å². The van der Waals surface area contributed by atoms with Gasteiger partial charge in [0, 0.05) is 31.7 Å². The molecule has 0 aliphatic carbocycles. The Bertz CT molecular complexity index is 588. The first kappa shape index (κ1) is 19.0. The van der Waals surface area contributed by atoms with Gasteiger partial charge in [-0.2, -0.15) is 0 Å². The third kappa shape index (κ3) is 5.91. The molecule has 1 fully saturated rings. The summed E-state index contributed by atoms with van der Waals surface area (Å²) >= 11 is 0. The van der Waals surface area contributed by atoms with E-state index in [2.05, 4.69) is 15.5 Å². The fourth-order valence-electron chi connectivity index (χ4n) is 2.48. The second-order valence-corrected chi connectivity index (χ2v) is 5.56. The second kappa shape index (κ2) is 9.85. The SMILES string of the molecule is COc1ccc(C(=O)NCC(=O)NCCN2CCOCC2)cc1OC. The molecule has 1 aliphatic rings. The molecule has 1 heterocycles. The Morgan fingerprint density at radius 2 is 1.84 bits per heavy atom. The van der Waals surface area contributed by atoms with Gasteiger partial charge in [0.2, 0.25) is 5.91 Å². The number of hydrogen-bond acceptors (Lipinski definition) is 6. The average Bonchev–Trinajstić information content (AvgIpc) is 2.66. The van der Waals surface area contributed by atoms with Crippen molar-refractivity contribution in [2.45, 2.75) is 0 Å². The fourth-order valence-corrected chi connectivity index (χ4v) is 2.48. The van der Waals surface area contributed by atoms with Crippen molar-refractivity contribution in [2.75, 3.05) is 60.2 Å². The van der Waals surface area contributed by atoms with Crippen molar-refractivity contribution >= 4 is 11.8 Å². The Morgan fingerprint density at radius 3 is 2.52 bits per heavy atom. The topological polar surface area (TPSA) is 89.1 Å². The van der Waals surface area contributed by atoms with Crippen LogP contribution < -0.4 is 20.1 Å². The summed E-state index contributed by atoms with van der Waals surface area (Å²) in [5.41, 5.74) is 0.402. The van der Waals surface area contributed by atoms with Crippen LogP contribution in [-0.2, 0) is 9.53 Å². The van der Waals surface area contributed by atoms with Crippen LogP contribution in [0.5, 0.6) is 11.5 Å². The maximum absolute atomic E-state index is 12.1. The van der Waals surface area contributed by atoms with Gasteiger partial charge in [-0.05, 0) is 18.2 Å². The third-order valence-corrected chi connectivity index (χ3v) is 3.91. The number of hydrogen-bond donors (Lipinski definition) is 2. The van der Waals surface area contributed by atoms with E-state index in [0.29, 0.717) is 23.6 Å². The molecule has 0 atom stereocenters. The van der Waals surface area contributed by atoms with Crippen LogP contribution in [0.2, 0.25) is 0 Å². The molecule has 1 aromatic carbocycles. The largest absolute Gasteiger partial charge is 0.493 e. The molecule has 0 bridgehead atoms. The minimum Gasteiger partial charge on any atom is -0.493 e. The van der Waals surface area contributed by atoms with E-state index in [1.54, 1.807) is 18.2 Å². The van der Waals surface area contributed by atoms with E-state index in [-0.39, 0.29) is 18.4 Å². The number of morpholine rings is 1. The molecule has 2 N–H and O–H groups in total. The Kier molecular flexibility index (Phi) is 7.49. The number of methoxy groups -OCH3 is 2. The van der Waals surface area contributed by atoms with E-state index in [1.807, 2.05) is 0 Å². The van der Waals surface area contributed by atoms with Crippen molar-refractivity contribution < 1.29 is 23.8 Å². The van der Waals surface area contributed by atoms with Crippen LogP contribution in [0.25, 0.3) is 0 Å². The van der Waals surface area contributed by atoms with Crippen LogP contribution in [0.15, 0.2) is 18.2 Å². The van der Waals surface area contributed by atoms with Crippen molar-refractivity contribution in [3.8, 4) is 11.5 Å². The molecular formula is C17H25N3O5. The lowest BCUT2D eigenvalue weighted by Crippen LogP contribution is -2.43. The molecule has 1 saturated heterocycles. The van der Waals surface area contributed by atoms with E-state index in [4.69, 9.17) is 14.2 Å². The first-order valence-electron chi connectivity index (χ1n) is 8.21. The molecule has 0 radical (unpaired) electrons. The first-order chi connectivity index (χ1) is 12.1. The molecule has 0 unspecified atom stereocenters. The number of nitrogens with zero attached hydrogens (tertiary/aromatic N) is 1. The van der Waals surface area contributed by atoms with Gasteiger partial charge in [0.25, 0.3) is 5.91 Å². The number of carbonyl (C=O) groups is 2. The predicted octanol–water partition coefficient (Wildman–Crippen LogP) is -0.118. The summed E-state index contributed by atoms with van der Waals surface area (Å²) in [7, 11) is 3.03. The van der Waals surface area contributed by atoms with Gasteiger partial charge in [-0.15, -0.1) is 0 Å². The van der Waals surface area contributed by atoms with Crippen molar-refractivity contribution in [3.63, 3.8) is 0 Å². The van der Waals surface area contributed by atoms with Gasteiger partial charge in [0.05, 0.1) is 34.0 Å². The van der Waals surface area contributed by atoms with E-state index in [9.17, 15) is 9.59 Å². The Labute approximate surface area is 147 Å². The van der Waals surface area contributed by atoms with Crippen LogP contribution in [0.4, 0.5) is 0 Å². The van der Waals surface area contributed by atoms with E-state index >= 15 is 0 Å². The normalized spacial score (nSPS) is 14.6. The first-order valence-corrected chi connectivity index (χ1v) is 8.21. The molecule has 8 nitrogen and oxygen atoms in total. The van der Waals surface area contributed by atoms with E-state index in [0.717, 1.165) is 32.8 Å². The van der Waals surface area contributed by atoms with E-state index < -0.39 is 0 Å². The molecule has 138 valence electrons. The average molecular weight is 351 g/mol. The van der Waals surface area contributed by atoms with Crippen LogP contribution >= 0.6 is 0 Å². The molecule has 25 heavy (non-hydrogen) atoms. The maximum atomic E-state index is 12.1. The number of carbonyl (C=O) groups excluding carboxylic acids is 2. The van der Waals surface area contributed by atoms with Gasteiger partial charge in [-0.1, -0.05) is 0 Å². The maximum Gasteiger partial charge on any atom is 0.251 e. The Balaban J connectivity index is 1.72. The number of amides is 2. The molecule has 8 heteroatoms. The van der Waals surface area contributed by atoms with Gasteiger partial charge >= 0.3 is 0 Å². The Hall–Kier alpha value is -2.32. The summed E-state index contributed by atoms with van der Waals surface area (Å²) in [6, 6.07) is 4.84. The van der Waals surface area contributed by atoms with E-state index in [1.165, 1.54) is 14.2 Å². The summed E-state index contributed by atoms with van der Waals surface area (Å²) < 4.78 is 15.6. The highest BCUT2D eigenvalue weighted by atomic mass is 16.5. The summed E-state index contributed by atoms with van der Waals surface area (Å²) in [5.74, 6) is 0.441. The van der Waals surface area contributed by atoms with Crippen molar-refractivity contribution in [3.05, 3.63) is 23.8 Å². The molecule has 0 aromatic heterocycles. The Morgan fingerprint density at radius 1 is 1.12 bits per heavy atom. The lowest BCUT2D eigenvalue weighted by atomic mass is 10.2. The number of nitrogens with one attached hydrogen (secondary N) is 2. The molecule has 0 saturated carbocycles. The quantitative estimate of drug-likeness (QED) is 0.679. The molecule has 2 amide bonds. The molecule has 0 spiro atoms. The van der Waals surface area contributed by atoms with Crippen LogP contribution in [0.1, 0.15) is 10.4 Å².